The smallest absolute Gasteiger partial charge is 0.356 e. The van der Waals surface area contributed by atoms with Gasteiger partial charge < -0.3 is 10.00 Å². The van der Waals surface area contributed by atoms with E-state index in [0.29, 0.717) is 5.56 Å². The van der Waals surface area contributed by atoms with Crippen LogP contribution in [-0.4, -0.2) is 30.3 Å². The fourth-order valence-corrected chi connectivity index (χ4v) is 1.65. The number of carboxylic acid groups (broad SMARTS) is 1. The number of rotatable bonds is 4. The number of hydrogen-bond donors (Lipinski definition) is 3. The zero-order valence-corrected chi connectivity index (χ0v) is 9.49. The van der Waals surface area contributed by atoms with Crippen molar-refractivity contribution in [3.05, 3.63) is 29.8 Å². The predicted molar refractivity (Wildman–Crippen MR) is 58.0 cm³/mol. The summed E-state index contributed by atoms with van der Waals surface area (Å²) in [4.78, 5) is 27.0. The third-order valence-corrected chi connectivity index (χ3v) is 2.51. The van der Waals surface area contributed by atoms with E-state index in [1.165, 1.54) is 16.8 Å². The molecule has 3 N–H and O–H groups in total. The second-order valence-electron chi connectivity index (χ2n) is 3.26. The van der Waals surface area contributed by atoms with Crippen LogP contribution in [-0.2, 0) is 11.1 Å². The summed E-state index contributed by atoms with van der Waals surface area (Å²) in [5.41, 5.74) is 0.553. The van der Waals surface area contributed by atoms with Crippen LogP contribution in [0.15, 0.2) is 18.6 Å². The summed E-state index contributed by atoms with van der Waals surface area (Å²) in [7, 11) is -2.74. The second-order valence-corrected chi connectivity index (χ2v) is 4.22. The van der Waals surface area contributed by atoms with Crippen LogP contribution in [0.2, 0.25) is 0 Å². The molecule has 9 heteroatoms. The number of carbonyl (C=O) groups is 1. The maximum atomic E-state index is 10.7. The number of aromatic nitrogens is 3. The minimum absolute atomic E-state index is 0.0988. The van der Waals surface area contributed by atoms with E-state index in [-0.39, 0.29) is 18.0 Å². The molecule has 2 aromatic heterocycles. The van der Waals surface area contributed by atoms with Crippen LogP contribution < -0.4 is 5.09 Å². The number of carboxylic acids is 1. The molecule has 0 aromatic carbocycles. The number of fused-ring (bicyclic) bond motifs is 1. The summed E-state index contributed by atoms with van der Waals surface area (Å²) in [5, 5.41) is 11.1. The number of imidazole rings is 1. The molecule has 8 nitrogen and oxygen atoms in total. The fraction of sp³-hybridized carbons (Fsp3) is 0.125. The van der Waals surface area contributed by atoms with Crippen LogP contribution in [0.3, 0.4) is 0 Å². The first-order chi connectivity index (χ1) is 8.06. The molecule has 0 aliphatic rings. The van der Waals surface area contributed by atoms with E-state index in [9.17, 15) is 9.36 Å². The molecule has 0 saturated carbocycles. The largest absolute Gasteiger partial charge is 0.476 e. The van der Waals surface area contributed by atoms with E-state index >= 15 is 0 Å². The predicted octanol–water partition coefficient (Wildman–Crippen LogP) is -0.101. The van der Waals surface area contributed by atoms with Gasteiger partial charge in [-0.2, -0.15) is 0 Å². The topological polar surface area (TPSA) is 117 Å². The molecule has 2 heterocycles. The van der Waals surface area contributed by atoms with Gasteiger partial charge in [0.05, 0.1) is 0 Å². The number of aromatic carboxylic acids is 1. The lowest BCUT2D eigenvalue weighted by Crippen LogP contribution is -2.04. The molecule has 0 aliphatic carbocycles. The van der Waals surface area contributed by atoms with E-state index in [4.69, 9.17) is 10.00 Å². The first-order valence-corrected chi connectivity index (χ1v) is 5.95. The summed E-state index contributed by atoms with van der Waals surface area (Å²) in [5.74, 6) is -0.863. The van der Waals surface area contributed by atoms with Crippen LogP contribution in [0.25, 0.3) is 5.78 Å². The van der Waals surface area contributed by atoms with E-state index in [1.54, 1.807) is 6.20 Å². The van der Waals surface area contributed by atoms with Crippen molar-refractivity contribution in [2.45, 2.75) is 6.54 Å². The van der Waals surface area contributed by atoms with Crippen molar-refractivity contribution >= 4 is 19.9 Å². The molecule has 0 fully saturated rings. The lowest BCUT2D eigenvalue weighted by atomic mass is 10.3. The van der Waals surface area contributed by atoms with E-state index < -0.39 is 14.1 Å². The highest BCUT2D eigenvalue weighted by Gasteiger charge is 2.09. The Morgan fingerprint density at radius 1 is 1.53 bits per heavy atom. The van der Waals surface area contributed by atoms with Gasteiger partial charge in [-0.15, -0.1) is 0 Å². The lowest BCUT2D eigenvalue weighted by Gasteiger charge is -2.00. The summed E-state index contributed by atoms with van der Waals surface area (Å²) >= 11 is 0. The summed E-state index contributed by atoms with van der Waals surface area (Å²) in [6, 6.07) is 0. The van der Waals surface area contributed by atoms with E-state index in [0.717, 1.165) is 0 Å². The van der Waals surface area contributed by atoms with Gasteiger partial charge in [-0.1, -0.05) is 0 Å². The standard InChI is InChI=1S/C8H9N4O4P/c13-7(14)6-4-12-3-5(2-10-17(15)16)1-9-8(12)11-6/h1,3-4,17H,2H2,(H,13,14)(H2,10,15,16). The summed E-state index contributed by atoms with van der Waals surface area (Å²) in [6.07, 6.45) is 4.39. The maximum absolute atomic E-state index is 10.7. The van der Waals surface area contributed by atoms with Gasteiger partial charge in [0, 0.05) is 30.7 Å². The highest BCUT2D eigenvalue weighted by molar-refractivity contribution is 7.35. The Hall–Kier alpha value is -1.76. The number of nitrogens with one attached hydrogen (secondary N) is 1. The van der Waals surface area contributed by atoms with Crippen molar-refractivity contribution in [1.29, 1.82) is 0 Å². The molecular weight excluding hydrogens is 247 g/mol. The van der Waals surface area contributed by atoms with Crippen molar-refractivity contribution < 1.29 is 19.4 Å². The van der Waals surface area contributed by atoms with Gasteiger partial charge >= 0.3 is 5.97 Å². The zero-order chi connectivity index (χ0) is 12.4. The van der Waals surface area contributed by atoms with Gasteiger partial charge in [0.1, 0.15) is 0 Å². The number of hydrogen-bond acceptors (Lipinski definition) is 4. The van der Waals surface area contributed by atoms with Gasteiger partial charge in [-0.05, 0) is 0 Å². The highest BCUT2D eigenvalue weighted by Crippen LogP contribution is 2.09. The first kappa shape index (κ1) is 11.7. The Morgan fingerprint density at radius 2 is 2.29 bits per heavy atom. The van der Waals surface area contributed by atoms with Gasteiger partial charge in [0.15, 0.2) is 5.69 Å². The van der Waals surface area contributed by atoms with Crippen LogP contribution in [0.4, 0.5) is 0 Å². The molecule has 0 radical (unpaired) electrons. The van der Waals surface area contributed by atoms with Gasteiger partial charge in [0.25, 0.3) is 8.18 Å². The molecule has 2 aromatic rings. The second kappa shape index (κ2) is 4.62. The van der Waals surface area contributed by atoms with Crippen molar-refractivity contribution in [2.75, 3.05) is 0 Å². The summed E-state index contributed by atoms with van der Waals surface area (Å²) < 4.78 is 11.9. The summed E-state index contributed by atoms with van der Waals surface area (Å²) in [6.45, 7) is 0.178. The van der Waals surface area contributed by atoms with E-state index in [2.05, 4.69) is 15.1 Å². The monoisotopic (exact) mass is 256 g/mol. The minimum atomic E-state index is -2.74. The average molecular weight is 256 g/mol. The van der Waals surface area contributed by atoms with Gasteiger partial charge in [0.2, 0.25) is 5.78 Å². The third-order valence-electron chi connectivity index (χ3n) is 2.03. The molecule has 90 valence electrons. The Balaban J connectivity index is 2.30. The van der Waals surface area contributed by atoms with Gasteiger partial charge in [-0.3, -0.25) is 8.97 Å². The molecule has 17 heavy (non-hydrogen) atoms. The first-order valence-electron chi connectivity index (χ1n) is 4.60. The maximum Gasteiger partial charge on any atom is 0.356 e. The van der Waals surface area contributed by atoms with Crippen molar-refractivity contribution in [2.24, 2.45) is 0 Å². The molecule has 1 atom stereocenters. The molecule has 0 amide bonds. The Labute approximate surface area is 95.9 Å². The average Bonchev–Trinajstić information content (AvgIpc) is 2.69. The third kappa shape index (κ3) is 2.68. The number of nitrogens with zero attached hydrogens (tertiary/aromatic N) is 3. The molecule has 0 aliphatic heterocycles. The normalized spacial score (nSPS) is 12.8. The van der Waals surface area contributed by atoms with Crippen molar-refractivity contribution in [1.82, 2.24) is 19.5 Å². The quantitative estimate of drug-likeness (QED) is 0.654. The van der Waals surface area contributed by atoms with Crippen LogP contribution in [0, 0.1) is 0 Å². The molecule has 0 spiro atoms. The molecule has 0 bridgehead atoms. The van der Waals surface area contributed by atoms with Gasteiger partial charge in [-0.25, -0.2) is 19.8 Å². The van der Waals surface area contributed by atoms with Crippen LogP contribution in [0.1, 0.15) is 16.1 Å². The Kier molecular flexibility index (Phi) is 3.19. The Bertz CT molecular complexity index is 596. The fourth-order valence-electron chi connectivity index (χ4n) is 1.30. The lowest BCUT2D eigenvalue weighted by molar-refractivity contribution is 0.0691. The van der Waals surface area contributed by atoms with Crippen molar-refractivity contribution in [3.8, 4) is 0 Å². The molecular formula is C8H9N4O4P. The van der Waals surface area contributed by atoms with E-state index in [1.807, 2.05) is 0 Å². The Morgan fingerprint density at radius 3 is 2.94 bits per heavy atom. The molecule has 0 saturated heterocycles. The highest BCUT2D eigenvalue weighted by atomic mass is 31.1. The molecule has 1 unspecified atom stereocenters. The van der Waals surface area contributed by atoms with Crippen LogP contribution >= 0.6 is 8.18 Å². The zero-order valence-electron chi connectivity index (χ0n) is 8.49. The van der Waals surface area contributed by atoms with Crippen LogP contribution in [0.5, 0.6) is 0 Å². The van der Waals surface area contributed by atoms with Crippen molar-refractivity contribution in [3.63, 3.8) is 0 Å². The molecule has 2 rings (SSSR count). The SMILES string of the molecule is O=C(O)c1cn2cc(CN[PH](=O)O)cnc2n1. The minimum Gasteiger partial charge on any atom is -0.476 e.